The lowest BCUT2D eigenvalue weighted by molar-refractivity contribution is 0.626. The lowest BCUT2D eigenvalue weighted by Gasteiger charge is -2.16. The number of hydrazine groups is 1. The van der Waals surface area contributed by atoms with Crippen molar-refractivity contribution in [2.45, 2.75) is 13.0 Å². The van der Waals surface area contributed by atoms with Gasteiger partial charge in [-0.2, -0.15) is 4.98 Å². The molecule has 0 aliphatic rings. The molecule has 0 radical (unpaired) electrons. The number of anilines is 2. The van der Waals surface area contributed by atoms with E-state index in [2.05, 4.69) is 20.7 Å². The Bertz CT molecular complexity index is 756. The van der Waals surface area contributed by atoms with Gasteiger partial charge in [-0.1, -0.05) is 12.1 Å². The molecule has 2 heterocycles. The van der Waals surface area contributed by atoms with Crippen LogP contribution in [0.5, 0.6) is 0 Å². The van der Waals surface area contributed by atoms with Crippen LogP contribution in [-0.4, -0.2) is 9.97 Å². The highest BCUT2D eigenvalue weighted by atomic mass is 32.1. The molecule has 2 aromatic heterocycles. The predicted octanol–water partition coefficient (Wildman–Crippen LogP) is 3.29. The first kappa shape index (κ1) is 13.7. The molecule has 21 heavy (non-hydrogen) atoms. The van der Waals surface area contributed by atoms with E-state index < -0.39 is 0 Å². The maximum absolute atomic E-state index is 13.0. The summed E-state index contributed by atoms with van der Waals surface area (Å²) in [5, 5.41) is 6.21. The van der Waals surface area contributed by atoms with Crippen LogP contribution in [0.2, 0.25) is 0 Å². The van der Waals surface area contributed by atoms with Crippen LogP contribution >= 0.6 is 11.3 Å². The number of hydrogen-bond acceptors (Lipinski definition) is 6. The lowest BCUT2D eigenvalue weighted by Crippen LogP contribution is -2.13. The van der Waals surface area contributed by atoms with Gasteiger partial charge in [0.1, 0.15) is 16.5 Å². The maximum atomic E-state index is 13.0. The second-order valence-corrected chi connectivity index (χ2v) is 5.49. The molecular formula is C14H14FN5S. The van der Waals surface area contributed by atoms with Crippen molar-refractivity contribution in [2.24, 2.45) is 5.84 Å². The molecule has 1 unspecified atom stereocenters. The fourth-order valence-corrected chi connectivity index (χ4v) is 2.83. The van der Waals surface area contributed by atoms with E-state index in [0.29, 0.717) is 11.8 Å². The van der Waals surface area contributed by atoms with Crippen LogP contribution < -0.4 is 16.6 Å². The van der Waals surface area contributed by atoms with Crippen LogP contribution in [-0.2, 0) is 0 Å². The van der Waals surface area contributed by atoms with E-state index in [0.717, 1.165) is 15.8 Å². The summed E-state index contributed by atoms with van der Waals surface area (Å²) < 4.78 is 13.0. The van der Waals surface area contributed by atoms with Crippen LogP contribution in [0.3, 0.4) is 0 Å². The number of rotatable bonds is 4. The largest absolute Gasteiger partial charge is 0.363 e. The second-order valence-electron chi connectivity index (χ2n) is 4.60. The molecule has 0 saturated carbocycles. The number of nitrogens with one attached hydrogen (secondary N) is 2. The first-order valence-corrected chi connectivity index (χ1v) is 7.29. The van der Waals surface area contributed by atoms with Gasteiger partial charge < -0.3 is 5.32 Å². The summed E-state index contributed by atoms with van der Waals surface area (Å²) >= 11 is 1.52. The Balaban J connectivity index is 1.93. The quantitative estimate of drug-likeness (QED) is 0.509. The first-order valence-electron chi connectivity index (χ1n) is 6.41. The third-order valence-corrected chi connectivity index (χ3v) is 3.98. The topological polar surface area (TPSA) is 75.9 Å². The van der Waals surface area contributed by atoms with Crippen molar-refractivity contribution in [1.29, 1.82) is 0 Å². The molecule has 0 spiro atoms. The summed E-state index contributed by atoms with van der Waals surface area (Å²) in [5.74, 6) is 6.21. The van der Waals surface area contributed by atoms with Crippen LogP contribution in [0.25, 0.3) is 10.2 Å². The highest BCUT2D eigenvalue weighted by Crippen LogP contribution is 2.29. The van der Waals surface area contributed by atoms with Crippen LogP contribution in [0.15, 0.2) is 35.7 Å². The summed E-state index contributed by atoms with van der Waals surface area (Å²) in [7, 11) is 0. The van der Waals surface area contributed by atoms with Gasteiger partial charge in [0.25, 0.3) is 0 Å². The number of nitrogens with two attached hydrogens (primary N) is 1. The Hall–Kier alpha value is -2.25. The SMILES string of the molecule is CC(Nc1nc(NN)nc2sccc12)c1ccc(F)cc1. The molecule has 4 N–H and O–H groups in total. The van der Waals surface area contributed by atoms with Crippen molar-refractivity contribution in [3.05, 3.63) is 47.1 Å². The zero-order valence-corrected chi connectivity index (χ0v) is 12.1. The van der Waals surface area contributed by atoms with Gasteiger partial charge in [-0.3, -0.25) is 5.43 Å². The number of nitrogens with zero attached hydrogens (tertiary/aromatic N) is 2. The van der Waals surface area contributed by atoms with Crippen molar-refractivity contribution in [3.63, 3.8) is 0 Å². The van der Waals surface area contributed by atoms with E-state index in [4.69, 9.17) is 5.84 Å². The van der Waals surface area contributed by atoms with Crippen LogP contribution in [0, 0.1) is 5.82 Å². The Labute approximate surface area is 125 Å². The molecular weight excluding hydrogens is 289 g/mol. The number of hydrogen-bond donors (Lipinski definition) is 3. The normalized spacial score (nSPS) is 12.3. The molecule has 0 amide bonds. The second kappa shape index (κ2) is 5.63. The highest BCUT2D eigenvalue weighted by molar-refractivity contribution is 7.16. The van der Waals surface area contributed by atoms with Crippen molar-refractivity contribution >= 4 is 33.3 Å². The van der Waals surface area contributed by atoms with Gasteiger partial charge >= 0.3 is 0 Å². The lowest BCUT2D eigenvalue weighted by atomic mass is 10.1. The van der Waals surface area contributed by atoms with E-state index in [1.54, 1.807) is 12.1 Å². The fourth-order valence-electron chi connectivity index (χ4n) is 2.07. The first-order chi connectivity index (χ1) is 10.2. The minimum Gasteiger partial charge on any atom is -0.363 e. The molecule has 0 aliphatic heterocycles. The zero-order chi connectivity index (χ0) is 14.8. The summed E-state index contributed by atoms with van der Waals surface area (Å²) in [6.45, 7) is 1.99. The molecule has 108 valence electrons. The smallest absolute Gasteiger partial charge is 0.240 e. The number of benzene rings is 1. The zero-order valence-electron chi connectivity index (χ0n) is 11.3. The molecule has 7 heteroatoms. The summed E-state index contributed by atoms with van der Waals surface area (Å²) in [6, 6.07) is 8.33. The van der Waals surface area contributed by atoms with Gasteiger partial charge in [-0.05, 0) is 36.1 Å². The van der Waals surface area contributed by atoms with E-state index in [1.807, 2.05) is 18.4 Å². The molecule has 0 saturated heterocycles. The Kier molecular flexibility index (Phi) is 3.68. The number of nitrogen functional groups attached to an aromatic ring is 1. The summed E-state index contributed by atoms with van der Waals surface area (Å²) in [6.07, 6.45) is 0. The van der Waals surface area contributed by atoms with Gasteiger partial charge in [0, 0.05) is 6.04 Å². The molecule has 1 atom stereocenters. The van der Waals surface area contributed by atoms with E-state index >= 15 is 0 Å². The average Bonchev–Trinajstić information content (AvgIpc) is 2.96. The fraction of sp³-hybridized carbons (Fsp3) is 0.143. The highest BCUT2D eigenvalue weighted by Gasteiger charge is 2.12. The van der Waals surface area contributed by atoms with Crippen molar-refractivity contribution in [1.82, 2.24) is 9.97 Å². The van der Waals surface area contributed by atoms with E-state index in [9.17, 15) is 4.39 Å². The number of fused-ring (bicyclic) bond motifs is 1. The Morgan fingerprint density at radius 1 is 1.19 bits per heavy atom. The van der Waals surface area contributed by atoms with Crippen molar-refractivity contribution < 1.29 is 4.39 Å². The van der Waals surface area contributed by atoms with Gasteiger partial charge in [0.15, 0.2) is 0 Å². The van der Waals surface area contributed by atoms with E-state index in [1.165, 1.54) is 23.5 Å². The van der Waals surface area contributed by atoms with Gasteiger partial charge in [-0.15, -0.1) is 11.3 Å². The third kappa shape index (κ3) is 2.79. The molecule has 3 rings (SSSR count). The van der Waals surface area contributed by atoms with Gasteiger partial charge in [0.05, 0.1) is 5.39 Å². The van der Waals surface area contributed by atoms with Gasteiger partial charge in [-0.25, -0.2) is 15.2 Å². The van der Waals surface area contributed by atoms with E-state index in [-0.39, 0.29) is 11.9 Å². The third-order valence-electron chi connectivity index (χ3n) is 3.18. The molecule has 1 aromatic carbocycles. The van der Waals surface area contributed by atoms with Crippen molar-refractivity contribution in [2.75, 3.05) is 10.7 Å². The Morgan fingerprint density at radius 3 is 2.67 bits per heavy atom. The number of aromatic nitrogens is 2. The maximum Gasteiger partial charge on any atom is 0.240 e. The monoisotopic (exact) mass is 303 g/mol. The molecule has 5 nitrogen and oxygen atoms in total. The minimum absolute atomic E-state index is 0.0192. The van der Waals surface area contributed by atoms with Crippen molar-refractivity contribution in [3.8, 4) is 0 Å². The molecule has 0 aliphatic carbocycles. The summed E-state index contributed by atoms with van der Waals surface area (Å²) in [5.41, 5.74) is 3.44. The van der Waals surface area contributed by atoms with Crippen LogP contribution in [0.1, 0.15) is 18.5 Å². The molecule has 0 bridgehead atoms. The minimum atomic E-state index is -0.247. The number of thiophene rings is 1. The predicted molar refractivity (Wildman–Crippen MR) is 83.7 cm³/mol. The standard InChI is InChI=1S/C14H14FN5S/c1-8(9-2-4-10(15)5-3-9)17-12-11-6-7-21-13(11)19-14(18-12)20-16/h2-8H,16H2,1H3,(H2,17,18,19,20). The average molecular weight is 303 g/mol. The molecule has 3 aromatic rings. The van der Waals surface area contributed by atoms with Gasteiger partial charge in [0.2, 0.25) is 5.95 Å². The summed E-state index contributed by atoms with van der Waals surface area (Å²) in [4.78, 5) is 9.49. The number of halogens is 1. The molecule has 0 fully saturated rings. The Morgan fingerprint density at radius 2 is 1.95 bits per heavy atom. The van der Waals surface area contributed by atoms with Crippen LogP contribution in [0.4, 0.5) is 16.2 Å².